The number of nitrogens with zero attached hydrogens (tertiary/aromatic N) is 1. The van der Waals surface area contributed by atoms with Crippen molar-refractivity contribution in [3.8, 4) is 0 Å². The van der Waals surface area contributed by atoms with Crippen molar-refractivity contribution in [2.75, 3.05) is 18.9 Å². The minimum absolute atomic E-state index is 0.131. The first-order valence-electron chi connectivity index (χ1n) is 6.27. The Morgan fingerprint density at radius 3 is 3.22 bits per heavy atom. The number of hydrogen-bond donors (Lipinski definition) is 1. The molecule has 1 aliphatic rings. The SMILES string of the molecule is CC(CO)SCC(=O)N1CCCC1c1cccs1. The number of carbonyl (C=O) groups excluding carboxylic acids is 1. The molecule has 2 heterocycles. The van der Waals surface area contributed by atoms with Gasteiger partial charge in [-0.15, -0.1) is 23.1 Å². The Balaban J connectivity index is 1.93. The maximum absolute atomic E-state index is 12.2. The van der Waals surface area contributed by atoms with Crippen LogP contribution in [0.2, 0.25) is 0 Å². The van der Waals surface area contributed by atoms with Gasteiger partial charge in [-0.3, -0.25) is 4.79 Å². The van der Waals surface area contributed by atoms with Crippen LogP contribution in [0.5, 0.6) is 0 Å². The second kappa shape index (κ2) is 6.59. The third-order valence-electron chi connectivity index (χ3n) is 3.19. The highest BCUT2D eigenvalue weighted by Gasteiger charge is 2.30. The van der Waals surface area contributed by atoms with Crippen molar-refractivity contribution in [2.24, 2.45) is 0 Å². The van der Waals surface area contributed by atoms with Gasteiger partial charge < -0.3 is 10.0 Å². The van der Waals surface area contributed by atoms with Gasteiger partial charge in [-0.2, -0.15) is 0 Å². The summed E-state index contributed by atoms with van der Waals surface area (Å²) >= 11 is 3.26. The Morgan fingerprint density at radius 1 is 1.72 bits per heavy atom. The zero-order valence-corrected chi connectivity index (χ0v) is 12.2. The summed E-state index contributed by atoms with van der Waals surface area (Å²) in [4.78, 5) is 15.5. The molecule has 2 unspecified atom stereocenters. The molecule has 2 rings (SSSR count). The van der Waals surface area contributed by atoms with Crippen LogP contribution in [-0.4, -0.2) is 40.1 Å². The van der Waals surface area contributed by atoms with Gasteiger partial charge in [0.1, 0.15) is 0 Å². The molecule has 100 valence electrons. The summed E-state index contributed by atoms with van der Waals surface area (Å²) in [7, 11) is 0. The second-order valence-electron chi connectivity index (χ2n) is 4.56. The van der Waals surface area contributed by atoms with Crippen LogP contribution in [0.25, 0.3) is 0 Å². The highest BCUT2D eigenvalue weighted by Crippen LogP contribution is 2.34. The number of aliphatic hydroxyl groups is 1. The average Bonchev–Trinajstić information content (AvgIpc) is 3.04. The van der Waals surface area contributed by atoms with Gasteiger partial charge in [0, 0.05) is 16.7 Å². The lowest BCUT2D eigenvalue weighted by atomic mass is 10.2. The molecular weight excluding hydrogens is 266 g/mol. The zero-order chi connectivity index (χ0) is 13.0. The van der Waals surface area contributed by atoms with Crippen LogP contribution in [0.15, 0.2) is 17.5 Å². The zero-order valence-electron chi connectivity index (χ0n) is 10.5. The molecule has 0 spiro atoms. The predicted octanol–water partition coefficient (Wildman–Crippen LogP) is 2.53. The Kier molecular flexibility index (Phi) is 5.09. The summed E-state index contributed by atoms with van der Waals surface area (Å²) in [5.41, 5.74) is 0. The number of thiophene rings is 1. The fourth-order valence-electron chi connectivity index (χ4n) is 2.19. The number of thioether (sulfide) groups is 1. The van der Waals surface area contributed by atoms with E-state index in [9.17, 15) is 4.79 Å². The van der Waals surface area contributed by atoms with Gasteiger partial charge in [0.25, 0.3) is 0 Å². The van der Waals surface area contributed by atoms with Gasteiger partial charge in [0.05, 0.1) is 18.4 Å². The van der Waals surface area contributed by atoms with E-state index in [2.05, 4.69) is 11.4 Å². The lowest BCUT2D eigenvalue weighted by Crippen LogP contribution is -2.32. The summed E-state index contributed by atoms with van der Waals surface area (Å²) in [6.45, 7) is 2.94. The van der Waals surface area contributed by atoms with E-state index in [-0.39, 0.29) is 23.8 Å². The van der Waals surface area contributed by atoms with Crippen molar-refractivity contribution in [2.45, 2.75) is 31.1 Å². The van der Waals surface area contributed by atoms with E-state index in [1.165, 1.54) is 16.6 Å². The number of aliphatic hydroxyl groups excluding tert-OH is 1. The van der Waals surface area contributed by atoms with Crippen molar-refractivity contribution in [3.63, 3.8) is 0 Å². The average molecular weight is 285 g/mol. The molecule has 1 aromatic heterocycles. The van der Waals surface area contributed by atoms with E-state index < -0.39 is 0 Å². The minimum atomic E-state index is 0.131. The highest BCUT2D eigenvalue weighted by atomic mass is 32.2. The van der Waals surface area contributed by atoms with E-state index in [0.29, 0.717) is 5.75 Å². The molecule has 2 atom stereocenters. The third kappa shape index (κ3) is 3.28. The van der Waals surface area contributed by atoms with Crippen molar-refractivity contribution in [3.05, 3.63) is 22.4 Å². The fourth-order valence-corrected chi connectivity index (χ4v) is 3.76. The Bertz CT molecular complexity index is 380. The van der Waals surface area contributed by atoms with Gasteiger partial charge in [-0.25, -0.2) is 0 Å². The van der Waals surface area contributed by atoms with Crippen molar-refractivity contribution < 1.29 is 9.90 Å². The predicted molar refractivity (Wildman–Crippen MR) is 77.0 cm³/mol. The number of likely N-dealkylation sites (tertiary alicyclic amines) is 1. The number of rotatable bonds is 5. The van der Waals surface area contributed by atoms with Crippen LogP contribution >= 0.6 is 23.1 Å². The van der Waals surface area contributed by atoms with Crippen LogP contribution in [-0.2, 0) is 4.79 Å². The molecule has 3 nitrogen and oxygen atoms in total. The largest absolute Gasteiger partial charge is 0.395 e. The molecule has 1 saturated heterocycles. The lowest BCUT2D eigenvalue weighted by molar-refractivity contribution is -0.129. The Morgan fingerprint density at radius 2 is 2.56 bits per heavy atom. The first kappa shape index (κ1) is 13.9. The maximum Gasteiger partial charge on any atom is 0.233 e. The summed E-state index contributed by atoms with van der Waals surface area (Å²) in [5, 5.41) is 11.2. The van der Waals surface area contributed by atoms with Gasteiger partial charge in [0.2, 0.25) is 5.91 Å². The van der Waals surface area contributed by atoms with Crippen molar-refractivity contribution in [1.29, 1.82) is 0 Å². The number of carbonyl (C=O) groups is 1. The summed E-state index contributed by atoms with van der Waals surface area (Å²) in [6, 6.07) is 4.44. The van der Waals surface area contributed by atoms with E-state index >= 15 is 0 Å². The molecule has 1 aromatic rings. The lowest BCUT2D eigenvalue weighted by Gasteiger charge is -2.24. The monoisotopic (exact) mass is 285 g/mol. The van der Waals surface area contributed by atoms with Crippen LogP contribution in [0.4, 0.5) is 0 Å². The molecule has 5 heteroatoms. The van der Waals surface area contributed by atoms with Gasteiger partial charge in [0.15, 0.2) is 0 Å². The summed E-state index contributed by atoms with van der Waals surface area (Å²) in [5.74, 6) is 0.681. The fraction of sp³-hybridized carbons (Fsp3) is 0.615. The summed E-state index contributed by atoms with van der Waals surface area (Å²) < 4.78 is 0. The normalized spacial score (nSPS) is 21.2. The Labute approximate surface area is 116 Å². The smallest absolute Gasteiger partial charge is 0.233 e. The third-order valence-corrected chi connectivity index (χ3v) is 5.30. The molecule has 0 bridgehead atoms. The Hall–Kier alpha value is -0.520. The first-order chi connectivity index (χ1) is 8.72. The van der Waals surface area contributed by atoms with Gasteiger partial charge in [-0.1, -0.05) is 13.0 Å². The minimum Gasteiger partial charge on any atom is -0.395 e. The molecule has 0 saturated carbocycles. The highest BCUT2D eigenvalue weighted by molar-refractivity contribution is 8.00. The molecule has 1 fully saturated rings. The van der Waals surface area contributed by atoms with Crippen LogP contribution in [0, 0.1) is 0 Å². The molecule has 1 amide bonds. The van der Waals surface area contributed by atoms with E-state index in [1.54, 1.807) is 11.3 Å². The topological polar surface area (TPSA) is 40.5 Å². The molecule has 0 radical (unpaired) electrons. The van der Waals surface area contributed by atoms with E-state index in [4.69, 9.17) is 5.11 Å². The molecular formula is C13H19NO2S2. The van der Waals surface area contributed by atoms with E-state index in [0.717, 1.165) is 19.4 Å². The van der Waals surface area contributed by atoms with Gasteiger partial charge in [-0.05, 0) is 24.3 Å². The molecule has 0 aliphatic carbocycles. The molecule has 18 heavy (non-hydrogen) atoms. The number of hydrogen-bond acceptors (Lipinski definition) is 4. The number of amides is 1. The standard InChI is InChI=1S/C13H19NO2S2/c1-10(8-15)18-9-13(16)14-6-2-4-11(14)12-5-3-7-17-12/h3,5,7,10-11,15H,2,4,6,8-9H2,1H3. The van der Waals surface area contributed by atoms with Crippen molar-refractivity contribution >= 4 is 29.0 Å². The van der Waals surface area contributed by atoms with Crippen LogP contribution < -0.4 is 0 Å². The van der Waals surface area contributed by atoms with Crippen LogP contribution in [0.3, 0.4) is 0 Å². The summed E-state index contributed by atoms with van der Waals surface area (Å²) in [6.07, 6.45) is 2.17. The molecule has 0 aromatic carbocycles. The first-order valence-corrected chi connectivity index (χ1v) is 8.20. The van der Waals surface area contributed by atoms with E-state index in [1.807, 2.05) is 17.9 Å². The quantitative estimate of drug-likeness (QED) is 0.904. The van der Waals surface area contributed by atoms with Gasteiger partial charge >= 0.3 is 0 Å². The van der Waals surface area contributed by atoms with Crippen LogP contribution in [0.1, 0.15) is 30.7 Å². The van der Waals surface area contributed by atoms with Crippen molar-refractivity contribution in [1.82, 2.24) is 4.90 Å². The maximum atomic E-state index is 12.2. The molecule has 1 aliphatic heterocycles. The molecule has 1 N–H and O–H groups in total. The second-order valence-corrected chi connectivity index (χ2v) is 6.97.